The van der Waals surface area contributed by atoms with Gasteiger partial charge in [-0.3, -0.25) is 32.5 Å². The number of carbonyl (C=O) groups is 3. The van der Waals surface area contributed by atoms with Crippen molar-refractivity contribution in [2.75, 3.05) is 13.2 Å². The molecule has 20 nitrogen and oxygen atoms in total. The van der Waals surface area contributed by atoms with Crippen molar-refractivity contribution in [1.29, 1.82) is 0 Å². The Bertz CT molecular complexity index is 1390. The van der Waals surface area contributed by atoms with Gasteiger partial charge in [0, 0.05) is 25.7 Å². The van der Waals surface area contributed by atoms with Gasteiger partial charge < -0.3 is 49.3 Å². The van der Waals surface area contributed by atoms with Crippen molar-refractivity contribution >= 4 is 41.2 Å². The summed E-state index contributed by atoms with van der Waals surface area (Å²) >= 11 is 0. The van der Waals surface area contributed by atoms with Crippen molar-refractivity contribution < 1.29 is 95.4 Å². The number of rotatable bonds is 38. The Morgan fingerprint density at radius 2 is 0.871 bits per heavy atom. The second kappa shape index (κ2) is 32.5. The van der Waals surface area contributed by atoms with E-state index < -0.39 is 91.3 Å². The van der Waals surface area contributed by atoms with E-state index in [4.69, 9.17) is 18.5 Å². The first-order chi connectivity index (χ1) is 29.2. The molecule has 0 spiro atoms. The molecule has 62 heavy (non-hydrogen) atoms. The third-order valence-electron chi connectivity index (χ3n) is 10.3. The lowest BCUT2D eigenvalue weighted by Gasteiger charge is -2.44. The van der Waals surface area contributed by atoms with Crippen molar-refractivity contribution in [2.45, 2.75) is 217 Å². The fourth-order valence-electron chi connectivity index (χ4n) is 7.00. The van der Waals surface area contributed by atoms with Gasteiger partial charge in [-0.15, -0.1) is 0 Å². The molecule has 1 rings (SSSR count). The molecule has 0 aromatic carbocycles. The average Bonchev–Trinajstić information content (AvgIpc) is 3.18. The third-order valence-corrected chi connectivity index (χ3v) is 12.3. The second-order valence-corrected chi connectivity index (χ2v) is 19.8. The number of hydrogen-bond donors (Lipinski definition) is 8. The van der Waals surface area contributed by atoms with E-state index in [1.165, 1.54) is 44.9 Å². The minimum atomic E-state index is -5.60. The normalized spacial score (nSPS) is 22.2. The summed E-state index contributed by atoms with van der Waals surface area (Å²) < 4.78 is 65.2. The van der Waals surface area contributed by atoms with Crippen LogP contribution in [0.4, 0.5) is 0 Å². The van der Waals surface area contributed by atoms with Crippen molar-refractivity contribution in [3.8, 4) is 0 Å². The number of ether oxygens (including phenoxy) is 2. The lowest BCUT2D eigenvalue weighted by Crippen LogP contribution is -2.65. The highest BCUT2D eigenvalue weighted by Gasteiger charge is 2.56. The zero-order chi connectivity index (χ0) is 46.6. The van der Waals surface area contributed by atoms with Gasteiger partial charge >= 0.3 is 35.4 Å². The fraction of sp³-hybridized carbons (Fsp3) is 0.923. The molecule has 0 aromatic heterocycles. The van der Waals surface area contributed by atoms with Gasteiger partial charge in [0.2, 0.25) is 0 Å². The van der Waals surface area contributed by atoms with E-state index in [9.17, 15) is 67.9 Å². The van der Waals surface area contributed by atoms with Crippen LogP contribution in [0.3, 0.4) is 0 Å². The lowest BCUT2D eigenvalue weighted by molar-refractivity contribution is -0.213. The van der Waals surface area contributed by atoms with Gasteiger partial charge in [-0.25, -0.2) is 13.7 Å². The van der Waals surface area contributed by atoms with Crippen molar-refractivity contribution in [3.05, 3.63) is 0 Å². The van der Waals surface area contributed by atoms with E-state index in [1.54, 1.807) is 0 Å². The van der Waals surface area contributed by atoms with E-state index in [1.807, 2.05) is 6.92 Å². The van der Waals surface area contributed by atoms with Crippen LogP contribution >= 0.6 is 23.5 Å². The van der Waals surface area contributed by atoms with Gasteiger partial charge in [0.1, 0.15) is 49.0 Å². The Kier molecular flexibility index (Phi) is 30.8. The van der Waals surface area contributed by atoms with Crippen LogP contribution in [0.1, 0.15) is 174 Å². The highest BCUT2D eigenvalue weighted by Crippen LogP contribution is 2.51. The Labute approximate surface area is 366 Å². The monoisotopic (exact) mass is 956 g/mol. The molecule has 0 amide bonds. The molecule has 366 valence electrons. The van der Waals surface area contributed by atoms with Crippen LogP contribution in [0.25, 0.3) is 0 Å². The number of aliphatic hydroxyl groups is 3. The maximum Gasteiger partial charge on any atom is 0.472 e. The largest absolute Gasteiger partial charge is 0.472 e. The minimum Gasteiger partial charge on any atom is -0.462 e. The molecule has 0 saturated heterocycles. The predicted molar refractivity (Wildman–Crippen MR) is 225 cm³/mol. The van der Waals surface area contributed by atoms with Crippen LogP contribution in [0.15, 0.2) is 0 Å². The van der Waals surface area contributed by atoms with Crippen molar-refractivity contribution in [2.24, 2.45) is 0 Å². The smallest absolute Gasteiger partial charge is 0.462 e. The van der Waals surface area contributed by atoms with Crippen LogP contribution in [0, 0.1) is 0 Å². The Morgan fingerprint density at radius 3 is 1.32 bits per heavy atom. The first-order valence-corrected chi connectivity index (χ1v) is 26.8. The number of ketones is 1. The summed E-state index contributed by atoms with van der Waals surface area (Å²) in [4.78, 5) is 84.6. The highest BCUT2D eigenvalue weighted by molar-refractivity contribution is 7.47. The molecule has 0 bridgehead atoms. The molecule has 1 aliphatic carbocycles. The van der Waals surface area contributed by atoms with E-state index in [-0.39, 0.29) is 18.6 Å². The van der Waals surface area contributed by atoms with Gasteiger partial charge in [-0.05, 0) is 25.7 Å². The van der Waals surface area contributed by atoms with Crippen molar-refractivity contribution in [1.82, 2.24) is 0 Å². The fourth-order valence-corrected chi connectivity index (χ4v) is 9.10. The summed E-state index contributed by atoms with van der Waals surface area (Å²) in [7, 11) is -16.6. The quantitative estimate of drug-likeness (QED) is 0.0190. The number of esters is 2. The van der Waals surface area contributed by atoms with Crippen LogP contribution in [-0.2, 0) is 55.6 Å². The summed E-state index contributed by atoms with van der Waals surface area (Å²) in [6.45, 7) is 2.65. The molecule has 4 unspecified atom stereocenters. The molecule has 1 saturated carbocycles. The van der Waals surface area contributed by atoms with Crippen LogP contribution < -0.4 is 0 Å². The first kappa shape index (κ1) is 58.8. The van der Waals surface area contributed by atoms with Crippen LogP contribution in [0.2, 0.25) is 0 Å². The molecular weight excluding hydrogens is 881 g/mol. The number of phosphoric ester groups is 3. The highest BCUT2D eigenvalue weighted by atomic mass is 31.2. The Hall–Kier alpha value is -1.18. The number of unbranched alkanes of at least 4 members (excludes halogenated alkanes) is 18. The van der Waals surface area contributed by atoms with Gasteiger partial charge in [0.05, 0.1) is 6.61 Å². The zero-order valence-corrected chi connectivity index (χ0v) is 39.1. The third kappa shape index (κ3) is 28.7. The topological polar surface area (TPSA) is 320 Å². The van der Waals surface area contributed by atoms with Gasteiger partial charge in [0.15, 0.2) is 6.10 Å². The van der Waals surface area contributed by atoms with Crippen molar-refractivity contribution in [3.63, 3.8) is 0 Å². The molecule has 0 aliphatic heterocycles. The zero-order valence-electron chi connectivity index (χ0n) is 36.5. The number of aliphatic hydroxyl groups excluding tert-OH is 3. The molecule has 1 aliphatic rings. The van der Waals surface area contributed by atoms with Gasteiger partial charge in [-0.1, -0.05) is 123 Å². The van der Waals surface area contributed by atoms with Gasteiger partial charge in [-0.2, -0.15) is 0 Å². The molecule has 8 N–H and O–H groups in total. The van der Waals surface area contributed by atoms with E-state index >= 15 is 0 Å². The maximum atomic E-state index is 13.1. The summed E-state index contributed by atoms with van der Waals surface area (Å²) in [6, 6.07) is 0. The number of Topliss-reactive ketones (excluding diaryl/α,β-unsaturated/α-hetero) is 1. The van der Waals surface area contributed by atoms with E-state index in [0.29, 0.717) is 25.7 Å². The maximum absolute atomic E-state index is 13.1. The van der Waals surface area contributed by atoms with E-state index in [0.717, 1.165) is 77.0 Å². The second-order valence-electron chi connectivity index (χ2n) is 16.0. The molecular formula is C39H75O20P3. The minimum absolute atomic E-state index is 0.0122. The predicted octanol–water partition coefficient (Wildman–Crippen LogP) is 6.36. The summed E-state index contributed by atoms with van der Waals surface area (Å²) in [5.41, 5.74) is 0. The SMILES string of the molecule is CCCCCCCCCCCCCCCC(=O)O[C@H](COC(=O)CCCCCCCCCC(=O)CCC)COP(=O)(O)OC1C(O)[C@@H](O)C(OP(=O)(O)O)[C@@H](OP(=O)(O)O)[C@H]1O. The summed E-state index contributed by atoms with van der Waals surface area (Å²) in [5.74, 6) is -1.06. The molecule has 0 heterocycles. The molecule has 0 radical (unpaired) electrons. The van der Waals surface area contributed by atoms with Crippen LogP contribution in [0.5, 0.6) is 0 Å². The summed E-state index contributed by atoms with van der Waals surface area (Å²) in [6.07, 6.45) is 5.72. The number of hydrogen-bond acceptors (Lipinski definition) is 15. The Balaban J connectivity index is 2.78. The molecule has 23 heteroatoms. The molecule has 8 atom stereocenters. The lowest BCUT2D eigenvalue weighted by atomic mass is 9.85. The number of carbonyl (C=O) groups excluding carboxylic acids is 3. The average molecular weight is 957 g/mol. The summed E-state index contributed by atoms with van der Waals surface area (Å²) in [5, 5.41) is 31.8. The standard InChI is InChI=1S/C39H75O20P3/c1-3-5-6-7-8-9-10-11-12-13-16-20-23-27-33(42)56-31(28-54-32(41)26-22-19-17-14-15-18-21-25-30(40)24-4-2)29-55-62(52,53)59-37-34(43)35(44)38(57-60(46,47)48)39(36(37)45)58-61(49,50)51/h31,34-39,43-45H,3-29H2,1-2H3,(H,52,53)(H2,46,47,48)(H2,49,50,51)/t31-,34?,35-,36+,37?,38?,39+/m1/s1. The Morgan fingerprint density at radius 1 is 0.468 bits per heavy atom. The van der Waals surface area contributed by atoms with E-state index in [2.05, 4.69) is 16.0 Å². The molecule has 0 aromatic rings. The van der Waals surface area contributed by atoms with Gasteiger partial charge in [0.25, 0.3) is 0 Å². The van der Waals surface area contributed by atoms with Crippen LogP contribution in [-0.4, -0.2) is 113 Å². The molecule has 1 fully saturated rings. The first-order valence-electron chi connectivity index (χ1n) is 22.2. The number of phosphoric acid groups is 3.